The molecular weight excluding hydrogens is 176 g/mol. The molecule has 4 heteroatoms. The summed E-state index contributed by atoms with van der Waals surface area (Å²) in [6, 6.07) is 0.451. The van der Waals surface area contributed by atoms with Crippen molar-refractivity contribution in [2.75, 3.05) is 20.1 Å². The minimum atomic E-state index is 0.451. The van der Waals surface area contributed by atoms with Crippen LogP contribution in [-0.2, 0) is 13.5 Å². The van der Waals surface area contributed by atoms with Crippen molar-refractivity contribution in [1.29, 1.82) is 0 Å². The molecule has 0 spiro atoms. The summed E-state index contributed by atoms with van der Waals surface area (Å²) in [5.41, 5.74) is 6.87. The summed E-state index contributed by atoms with van der Waals surface area (Å²) in [6.07, 6.45) is 5.01. The van der Waals surface area contributed by atoms with Crippen molar-refractivity contribution >= 4 is 0 Å². The molecule has 1 rings (SSSR count). The number of nitrogens with two attached hydrogens (primary N) is 1. The van der Waals surface area contributed by atoms with Crippen LogP contribution in [0.2, 0.25) is 0 Å². The largest absolute Gasteiger partial charge is 0.329 e. The zero-order valence-electron chi connectivity index (χ0n) is 9.27. The van der Waals surface area contributed by atoms with Crippen LogP contribution in [-0.4, -0.2) is 40.9 Å². The van der Waals surface area contributed by atoms with Gasteiger partial charge in [-0.25, -0.2) is 0 Å². The van der Waals surface area contributed by atoms with Crippen molar-refractivity contribution < 1.29 is 0 Å². The molecule has 0 aliphatic heterocycles. The lowest BCUT2D eigenvalue weighted by Gasteiger charge is -2.22. The second kappa shape index (κ2) is 5.12. The molecule has 80 valence electrons. The Bertz CT molecular complexity index is 269. The maximum atomic E-state index is 5.59. The van der Waals surface area contributed by atoms with Gasteiger partial charge in [0.05, 0.1) is 6.20 Å². The molecule has 0 saturated heterocycles. The van der Waals surface area contributed by atoms with Crippen LogP contribution in [0.4, 0.5) is 0 Å². The molecular formula is C10H20N4. The first kappa shape index (κ1) is 11.2. The maximum Gasteiger partial charge on any atom is 0.0522 e. The SMILES string of the molecule is CC(CN)N(C)CCc1cnn(C)c1. The quantitative estimate of drug-likeness (QED) is 0.734. The van der Waals surface area contributed by atoms with Gasteiger partial charge >= 0.3 is 0 Å². The van der Waals surface area contributed by atoms with Gasteiger partial charge in [0.25, 0.3) is 0 Å². The summed E-state index contributed by atoms with van der Waals surface area (Å²) in [4.78, 5) is 2.27. The maximum absolute atomic E-state index is 5.59. The number of likely N-dealkylation sites (N-methyl/N-ethyl adjacent to an activating group) is 1. The highest BCUT2D eigenvalue weighted by atomic mass is 15.2. The second-order valence-electron chi connectivity index (χ2n) is 3.84. The number of hydrogen-bond donors (Lipinski definition) is 1. The van der Waals surface area contributed by atoms with Gasteiger partial charge in [-0.3, -0.25) is 4.68 Å². The average molecular weight is 196 g/mol. The topological polar surface area (TPSA) is 47.1 Å². The van der Waals surface area contributed by atoms with E-state index in [0.29, 0.717) is 12.6 Å². The van der Waals surface area contributed by atoms with E-state index in [1.54, 1.807) is 0 Å². The lowest BCUT2D eigenvalue weighted by atomic mass is 10.2. The Kier molecular flexibility index (Phi) is 4.10. The molecule has 0 fully saturated rings. The fourth-order valence-corrected chi connectivity index (χ4v) is 1.31. The number of aryl methyl sites for hydroxylation is 1. The van der Waals surface area contributed by atoms with E-state index in [1.165, 1.54) is 5.56 Å². The third-order valence-electron chi connectivity index (χ3n) is 2.61. The average Bonchev–Trinajstić information content (AvgIpc) is 2.59. The van der Waals surface area contributed by atoms with E-state index >= 15 is 0 Å². The summed E-state index contributed by atoms with van der Waals surface area (Å²) in [5.74, 6) is 0. The van der Waals surface area contributed by atoms with Gasteiger partial charge in [0.2, 0.25) is 0 Å². The smallest absolute Gasteiger partial charge is 0.0522 e. The Morgan fingerprint density at radius 3 is 2.86 bits per heavy atom. The Balaban J connectivity index is 2.33. The highest BCUT2D eigenvalue weighted by Gasteiger charge is 2.06. The molecule has 0 amide bonds. The van der Waals surface area contributed by atoms with Gasteiger partial charge in [0, 0.05) is 32.4 Å². The summed E-state index contributed by atoms with van der Waals surface area (Å²) in [7, 11) is 4.05. The highest BCUT2D eigenvalue weighted by molar-refractivity contribution is 5.03. The lowest BCUT2D eigenvalue weighted by molar-refractivity contribution is 0.266. The van der Waals surface area contributed by atoms with Gasteiger partial charge in [0.1, 0.15) is 0 Å². The number of aromatic nitrogens is 2. The van der Waals surface area contributed by atoms with Gasteiger partial charge < -0.3 is 10.6 Å². The van der Waals surface area contributed by atoms with Gasteiger partial charge in [0.15, 0.2) is 0 Å². The summed E-state index contributed by atoms with van der Waals surface area (Å²) in [5, 5.41) is 4.13. The summed E-state index contributed by atoms with van der Waals surface area (Å²) < 4.78 is 1.84. The predicted molar refractivity (Wildman–Crippen MR) is 58.1 cm³/mol. The van der Waals surface area contributed by atoms with Gasteiger partial charge in [-0.2, -0.15) is 5.10 Å². The van der Waals surface area contributed by atoms with Crippen molar-refractivity contribution in [2.24, 2.45) is 12.8 Å². The van der Waals surface area contributed by atoms with Crippen LogP contribution in [0.5, 0.6) is 0 Å². The van der Waals surface area contributed by atoms with Crippen LogP contribution >= 0.6 is 0 Å². The minimum absolute atomic E-state index is 0.451. The Labute approximate surface area is 85.7 Å². The minimum Gasteiger partial charge on any atom is -0.329 e. The van der Waals surface area contributed by atoms with Crippen LogP contribution in [0.1, 0.15) is 12.5 Å². The summed E-state index contributed by atoms with van der Waals surface area (Å²) >= 11 is 0. The third-order valence-corrected chi connectivity index (χ3v) is 2.61. The predicted octanol–water partition coefficient (Wildman–Crippen LogP) is 0.242. The van der Waals surface area contributed by atoms with Crippen LogP contribution in [0, 0.1) is 0 Å². The Morgan fingerprint density at radius 1 is 1.64 bits per heavy atom. The first-order chi connectivity index (χ1) is 6.63. The molecule has 1 unspecified atom stereocenters. The summed E-state index contributed by atoms with van der Waals surface area (Å²) in [6.45, 7) is 3.89. The fourth-order valence-electron chi connectivity index (χ4n) is 1.31. The van der Waals surface area contributed by atoms with E-state index in [0.717, 1.165) is 13.0 Å². The molecule has 1 aromatic rings. The van der Waals surface area contributed by atoms with Gasteiger partial charge in [-0.05, 0) is 26.0 Å². The van der Waals surface area contributed by atoms with Crippen LogP contribution in [0.15, 0.2) is 12.4 Å². The zero-order valence-corrected chi connectivity index (χ0v) is 9.27. The van der Waals surface area contributed by atoms with E-state index in [1.807, 2.05) is 17.9 Å². The normalized spacial score (nSPS) is 13.5. The molecule has 2 N–H and O–H groups in total. The van der Waals surface area contributed by atoms with E-state index in [2.05, 4.69) is 30.2 Å². The first-order valence-electron chi connectivity index (χ1n) is 5.01. The van der Waals surface area contributed by atoms with E-state index in [4.69, 9.17) is 5.73 Å². The Morgan fingerprint density at radius 2 is 2.36 bits per heavy atom. The van der Waals surface area contributed by atoms with Crippen molar-refractivity contribution in [3.8, 4) is 0 Å². The molecule has 0 saturated carbocycles. The molecule has 0 aliphatic carbocycles. The fraction of sp³-hybridized carbons (Fsp3) is 0.700. The molecule has 0 radical (unpaired) electrons. The second-order valence-corrected chi connectivity index (χ2v) is 3.84. The van der Waals surface area contributed by atoms with E-state index < -0.39 is 0 Å². The Hall–Kier alpha value is -0.870. The lowest BCUT2D eigenvalue weighted by Crippen LogP contribution is -2.36. The monoisotopic (exact) mass is 196 g/mol. The van der Waals surface area contributed by atoms with Crippen LogP contribution in [0.3, 0.4) is 0 Å². The standard InChI is InChI=1S/C10H20N4/c1-9(6-11)13(2)5-4-10-7-12-14(3)8-10/h7-9H,4-6,11H2,1-3H3. The van der Waals surface area contributed by atoms with Crippen molar-refractivity contribution in [2.45, 2.75) is 19.4 Å². The molecule has 4 nitrogen and oxygen atoms in total. The molecule has 1 heterocycles. The van der Waals surface area contributed by atoms with E-state index in [9.17, 15) is 0 Å². The molecule has 1 atom stereocenters. The van der Waals surface area contributed by atoms with E-state index in [-0.39, 0.29) is 0 Å². The molecule has 14 heavy (non-hydrogen) atoms. The highest BCUT2D eigenvalue weighted by Crippen LogP contribution is 2.00. The molecule has 0 aromatic carbocycles. The van der Waals surface area contributed by atoms with Crippen molar-refractivity contribution in [3.05, 3.63) is 18.0 Å². The van der Waals surface area contributed by atoms with Crippen LogP contribution in [0.25, 0.3) is 0 Å². The molecule has 1 aromatic heterocycles. The number of rotatable bonds is 5. The molecule has 0 aliphatic rings. The van der Waals surface area contributed by atoms with Crippen molar-refractivity contribution in [1.82, 2.24) is 14.7 Å². The number of nitrogens with zero attached hydrogens (tertiary/aromatic N) is 3. The van der Waals surface area contributed by atoms with Gasteiger partial charge in [-0.15, -0.1) is 0 Å². The first-order valence-corrected chi connectivity index (χ1v) is 5.01. The van der Waals surface area contributed by atoms with Crippen LogP contribution < -0.4 is 5.73 Å². The van der Waals surface area contributed by atoms with Gasteiger partial charge in [-0.1, -0.05) is 0 Å². The molecule has 0 bridgehead atoms. The van der Waals surface area contributed by atoms with Crippen molar-refractivity contribution in [3.63, 3.8) is 0 Å². The number of hydrogen-bond acceptors (Lipinski definition) is 3. The third kappa shape index (κ3) is 3.12. The zero-order chi connectivity index (χ0) is 10.6.